The van der Waals surface area contributed by atoms with Gasteiger partial charge in [0.1, 0.15) is 5.82 Å². The molecular formula is C41H36N2S. The van der Waals surface area contributed by atoms with Crippen LogP contribution in [-0.4, -0.2) is 10.6 Å². The van der Waals surface area contributed by atoms with Gasteiger partial charge in [0.25, 0.3) is 0 Å². The molecule has 0 saturated carbocycles. The number of benzene rings is 4. The van der Waals surface area contributed by atoms with Crippen molar-refractivity contribution in [1.82, 2.24) is 4.57 Å². The number of rotatable bonds is 6. The number of nitrogens with zero attached hydrogens (tertiary/aromatic N) is 2. The highest BCUT2D eigenvalue weighted by Crippen LogP contribution is 2.74. The lowest BCUT2D eigenvalue weighted by atomic mass is 9.92. The van der Waals surface area contributed by atoms with Crippen molar-refractivity contribution in [2.45, 2.75) is 39.5 Å². The Morgan fingerprint density at radius 2 is 1.41 bits per heavy atom. The van der Waals surface area contributed by atoms with Crippen LogP contribution in [0, 0.1) is 0 Å². The molecule has 2 atom stereocenters. The molecule has 3 aliphatic rings. The largest absolute Gasteiger partial charge is 0.337 e. The van der Waals surface area contributed by atoms with Gasteiger partial charge < -0.3 is 9.47 Å². The van der Waals surface area contributed by atoms with Gasteiger partial charge in [-0.3, -0.25) is 0 Å². The van der Waals surface area contributed by atoms with E-state index >= 15 is 0 Å². The maximum Gasteiger partial charge on any atom is 0.117 e. The second kappa shape index (κ2) is 11.1. The normalized spacial score (nSPS) is 19.2. The summed E-state index contributed by atoms with van der Waals surface area (Å²) >= 11 is 0. The zero-order chi connectivity index (χ0) is 29.5. The maximum absolute atomic E-state index is 2.60. The Labute approximate surface area is 262 Å². The molecule has 8 rings (SSSR count). The Kier molecular flexibility index (Phi) is 6.76. The highest BCUT2D eigenvalue weighted by Gasteiger charge is 2.43. The number of fused-ring (bicyclic) bond motifs is 3. The van der Waals surface area contributed by atoms with Crippen LogP contribution in [-0.2, 0) is 7.05 Å². The van der Waals surface area contributed by atoms with E-state index in [0.717, 1.165) is 12.8 Å². The summed E-state index contributed by atoms with van der Waals surface area (Å²) in [6, 6.07) is 45.3. The summed E-state index contributed by atoms with van der Waals surface area (Å²) < 4.78 is 2.28. The molecular weight excluding hydrogens is 553 g/mol. The second-order valence-electron chi connectivity index (χ2n) is 11.8. The molecule has 0 fully saturated rings. The van der Waals surface area contributed by atoms with Gasteiger partial charge in [0, 0.05) is 50.0 Å². The van der Waals surface area contributed by atoms with Crippen LogP contribution in [0.1, 0.15) is 29.9 Å². The molecule has 0 N–H and O–H groups in total. The molecule has 1 aliphatic heterocycles. The van der Waals surface area contributed by atoms with Crippen LogP contribution in [0.15, 0.2) is 184 Å². The molecule has 0 bridgehead atoms. The first-order valence-corrected chi connectivity index (χ1v) is 17.2. The van der Waals surface area contributed by atoms with Crippen molar-refractivity contribution in [1.29, 1.82) is 0 Å². The predicted molar refractivity (Wildman–Crippen MR) is 186 cm³/mol. The third-order valence-electron chi connectivity index (χ3n) is 9.28. The van der Waals surface area contributed by atoms with E-state index in [0.29, 0.717) is 5.92 Å². The van der Waals surface area contributed by atoms with Gasteiger partial charge in [-0.25, -0.2) is 0 Å². The minimum Gasteiger partial charge on any atom is -0.337 e. The molecule has 44 heavy (non-hydrogen) atoms. The van der Waals surface area contributed by atoms with Gasteiger partial charge in [0.05, 0.1) is 6.04 Å². The van der Waals surface area contributed by atoms with E-state index in [1.54, 1.807) is 0 Å². The molecule has 0 spiro atoms. The third kappa shape index (κ3) is 4.26. The first-order chi connectivity index (χ1) is 21.7. The van der Waals surface area contributed by atoms with Crippen molar-refractivity contribution < 1.29 is 0 Å². The molecule has 0 saturated heterocycles. The van der Waals surface area contributed by atoms with Gasteiger partial charge in [-0.1, -0.05) is 97.1 Å². The van der Waals surface area contributed by atoms with E-state index in [-0.39, 0.29) is 6.04 Å². The standard InChI is InChI=1S/C41H36N2S/c1-42-28-27-39-38-26-25-37(30-40(38)43(41(39)42)33-18-8-3-9-19-33)44(34-20-10-4-11-21-34,35-22-12-5-13-23-35)36-24-14-17-32(29-36)31-15-6-2-7-16-31/h2-6,8-15,17-30,38,40H,7,16H2,1H3. The molecule has 1 aromatic heterocycles. The van der Waals surface area contributed by atoms with E-state index in [4.69, 9.17) is 0 Å². The highest BCUT2D eigenvalue weighted by atomic mass is 32.3. The second-order valence-corrected chi connectivity index (χ2v) is 14.9. The minimum absolute atomic E-state index is 0.184. The van der Waals surface area contributed by atoms with E-state index < -0.39 is 10.0 Å². The molecule has 216 valence electrons. The maximum atomic E-state index is 2.60. The zero-order valence-corrected chi connectivity index (χ0v) is 25.8. The molecule has 3 heteroatoms. The lowest BCUT2D eigenvalue weighted by Crippen LogP contribution is -2.31. The van der Waals surface area contributed by atoms with Gasteiger partial charge in [-0.2, -0.15) is 0 Å². The first-order valence-electron chi connectivity index (χ1n) is 15.5. The van der Waals surface area contributed by atoms with Gasteiger partial charge in [0.2, 0.25) is 0 Å². The summed E-state index contributed by atoms with van der Waals surface area (Å²) in [5, 5.41) is 0. The predicted octanol–water partition coefficient (Wildman–Crippen LogP) is 10.8. The topological polar surface area (TPSA) is 8.17 Å². The summed E-state index contributed by atoms with van der Waals surface area (Å²) in [6.07, 6.45) is 18.7. The van der Waals surface area contributed by atoms with Crippen LogP contribution < -0.4 is 4.90 Å². The number of anilines is 2. The molecule has 5 aromatic rings. The molecule has 0 radical (unpaired) electrons. The summed E-state index contributed by atoms with van der Waals surface area (Å²) in [6.45, 7) is 0. The fourth-order valence-electron chi connectivity index (χ4n) is 7.30. The Morgan fingerprint density at radius 3 is 2.09 bits per heavy atom. The average molecular weight is 589 g/mol. The minimum atomic E-state index is -1.82. The molecule has 2 nitrogen and oxygen atoms in total. The first kappa shape index (κ1) is 26.9. The van der Waals surface area contributed by atoms with Gasteiger partial charge in [-0.15, -0.1) is 10.0 Å². The van der Waals surface area contributed by atoms with Crippen LogP contribution >= 0.6 is 10.0 Å². The Hall–Kier alpha value is -4.73. The quantitative estimate of drug-likeness (QED) is 0.192. The SMILES string of the molecule is Cn1ccc2c1N(c1ccccc1)C1C=C(S(c3ccccc3)(c3ccccc3)c3cccc(C4=CC=CCC4)c3)C=CC21. The Balaban J connectivity index is 1.38. The fourth-order valence-corrected chi connectivity index (χ4v) is 11.3. The van der Waals surface area contributed by atoms with Gasteiger partial charge in [-0.05, 0) is 84.7 Å². The van der Waals surface area contributed by atoms with Crippen LogP contribution in [0.4, 0.5) is 11.5 Å². The van der Waals surface area contributed by atoms with E-state index in [2.05, 4.69) is 180 Å². The number of hydrogen-bond donors (Lipinski definition) is 0. The van der Waals surface area contributed by atoms with E-state index in [1.165, 1.54) is 47.8 Å². The Bertz CT molecular complexity index is 1890. The lowest BCUT2D eigenvalue weighted by molar-refractivity contribution is 0.729. The summed E-state index contributed by atoms with van der Waals surface area (Å²) in [4.78, 5) is 8.03. The summed E-state index contributed by atoms with van der Waals surface area (Å²) in [7, 11) is 0.346. The van der Waals surface area contributed by atoms with E-state index in [1.807, 2.05) is 0 Å². The molecule has 2 unspecified atom stereocenters. The van der Waals surface area contributed by atoms with E-state index in [9.17, 15) is 0 Å². The van der Waals surface area contributed by atoms with Crippen molar-refractivity contribution >= 4 is 27.1 Å². The number of aromatic nitrogens is 1. The zero-order valence-electron chi connectivity index (χ0n) is 25.0. The van der Waals surface area contributed by atoms with Crippen molar-refractivity contribution in [3.05, 3.63) is 180 Å². The monoisotopic (exact) mass is 588 g/mol. The average Bonchev–Trinajstić information content (AvgIpc) is 3.64. The number of allylic oxidation sites excluding steroid dienone is 5. The number of para-hydroxylation sites is 1. The van der Waals surface area contributed by atoms with Crippen molar-refractivity contribution in [2.24, 2.45) is 7.05 Å². The van der Waals surface area contributed by atoms with Crippen molar-refractivity contribution in [3.8, 4) is 0 Å². The van der Waals surface area contributed by atoms with Gasteiger partial charge in [0.15, 0.2) is 0 Å². The van der Waals surface area contributed by atoms with Crippen LogP contribution in [0.2, 0.25) is 0 Å². The lowest BCUT2D eigenvalue weighted by Gasteiger charge is -2.45. The smallest absolute Gasteiger partial charge is 0.117 e. The van der Waals surface area contributed by atoms with Crippen LogP contribution in [0.3, 0.4) is 0 Å². The van der Waals surface area contributed by atoms with Crippen molar-refractivity contribution in [2.75, 3.05) is 4.90 Å². The molecule has 0 amide bonds. The van der Waals surface area contributed by atoms with Crippen molar-refractivity contribution in [3.63, 3.8) is 0 Å². The fraction of sp³-hybridized carbons (Fsp3) is 0.122. The van der Waals surface area contributed by atoms with Gasteiger partial charge >= 0.3 is 0 Å². The van der Waals surface area contributed by atoms with Crippen LogP contribution in [0.5, 0.6) is 0 Å². The summed E-state index contributed by atoms with van der Waals surface area (Å²) in [5.41, 5.74) is 5.37. The molecule has 4 aromatic carbocycles. The summed E-state index contributed by atoms with van der Waals surface area (Å²) in [5.74, 6) is 1.58. The van der Waals surface area contributed by atoms with Crippen LogP contribution in [0.25, 0.3) is 5.57 Å². The highest BCUT2D eigenvalue weighted by molar-refractivity contribution is 8.37. The third-order valence-corrected chi connectivity index (χ3v) is 13.2. The number of aryl methyl sites for hydroxylation is 1. The Morgan fingerprint density at radius 1 is 0.727 bits per heavy atom. The molecule has 2 aliphatic carbocycles. The number of hydrogen-bond acceptors (Lipinski definition) is 1. The molecule has 2 heterocycles.